The van der Waals surface area contributed by atoms with E-state index >= 15 is 0 Å². The van der Waals surface area contributed by atoms with Gasteiger partial charge in [0.1, 0.15) is 11.4 Å². The van der Waals surface area contributed by atoms with Crippen LogP contribution in [-0.2, 0) is 6.54 Å². The highest BCUT2D eigenvalue weighted by Crippen LogP contribution is 2.25. The first-order valence-electron chi connectivity index (χ1n) is 6.07. The first-order chi connectivity index (χ1) is 10.0. The molecule has 110 valence electrons. The van der Waals surface area contributed by atoms with Gasteiger partial charge in [-0.1, -0.05) is 0 Å². The second-order valence-corrected chi connectivity index (χ2v) is 4.25. The highest BCUT2D eigenvalue weighted by atomic mass is 19.1. The molecule has 21 heavy (non-hydrogen) atoms. The van der Waals surface area contributed by atoms with Gasteiger partial charge in [-0.2, -0.15) is 0 Å². The summed E-state index contributed by atoms with van der Waals surface area (Å²) in [7, 11) is 1.50. The first-order valence-corrected chi connectivity index (χ1v) is 6.07. The third kappa shape index (κ3) is 3.19. The predicted octanol–water partition coefficient (Wildman–Crippen LogP) is 2.12. The zero-order chi connectivity index (χ0) is 15.4. The topological polar surface area (TPSA) is 97.5 Å². The second kappa shape index (κ2) is 6.08. The lowest BCUT2D eigenvalue weighted by Gasteiger charge is -2.12. The zero-order valence-corrected chi connectivity index (χ0v) is 11.3. The maximum absolute atomic E-state index is 13.3. The summed E-state index contributed by atoms with van der Waals surface area (Å²) in [6.45, 7) is 0.324. The number of carbonyl (C=O) groups is 1. The summed E-state index contributed by atoms with van der Waals surface area (Å²) in [6, 6.07) is 5.92. The van der Waals surface area contributed by atoms with E-state index in [1.165, 1.54) is 13.2 Å². The van der Waals surface area contributed by atoms with Crippen LogP contribution in [0.3, 0.4) is 0 Å². The van der Waals surface area contributed by atoms with Crippen LogP contribution in [0.1, 0.15) is 15.9 Å². The lowest BCUT2D eigenvalue weighted by Crippen LogP contribution is -2.11. The van der Waals surface area contributed by atoms with Gasteiger partial charge in [-0.15, -0.1) is 0 Å². The minimum Gasteiger partial charge on any atom is -0.481 e. The van der Waals surface area contributed by atoms with Gasteiger partial charge in [0.15, 0.2) is 0 Å². The maximum atomic E-state index is 13.3. The van der Waals surface area contributed by atoms with Gasteiger partial charge < -0.3 is 20.9 Å². The van der Waals surface area contributed by atoms with Crippen molar-refractivity contribution in [3.8, 4) is 5.88 Å². The van der Waals surface area contributed by atoms with Gasteiger partial charge in [-0.3, -0.25) is 0 Å². The van der Waals surface area contributed by atoms with Gasteiger partial charge in [0, 0.05) is 18.8 Å². The number of aromatic nitrogens is 1. The van der Waals surface area contributed by atoms with Crippen molar-refractivity contribution in [1.29, 1.82) is 0 Å². The molecular formula is C14H14FN3O3. The summed E-state index contributed by atoms with van der Waals surface area (Å²) in [4.78, 5) is 15.2. The van der Waals surface area contributed by atoms with Crippen LogP contribution in [-0.4, -0.2) is 23.2 Å². The van der Waals surface area contributed by atoms with E-state index in [1.807, 2.05) is 0 Å². The number of carboxylic acids is 1. The molecule has 6 nitrogen and oxygen atoms in total. The number of methoxy groups -OCH3 is 1. The van der Waals surface area contributed by atoms with Gasteiger partial charge in [0.2, 0.25) is 5.88 Å². The Bertz CT molecular complexity index is 677. The van der Waals surface area contributed by atoms with Crippen molar-refractivity contribution < 1.29 is 19.0 Å². The molecule has 2 aromatic rings. The quantitative estimate of drug-likeness (QED) is 0.730. The molecule has 0 aliphatic rings. The number of nitrogen functional groups attached to an aromatic ring is 1. The largest absolute Gasteiger partial charge is 0.481 e. The number of halogens is 1. The SMILES string of the molecule is COc1cc(CNc2ccc(F)c(N)c2C(=O)O)ccn1. The van der Waals surface area contributed by atoms with E-state index in [0.29, 0.717) is 12.4 Å². The number of hydrogen-bond acceptors (Lipinski definition) is 5. The number of nitrogens with two attached hydrogens (primary N) is 1. The molecule has 4 N–H and O–H groups in total. The van der Waals surface area contributed by atoms with Crippen molar-refractivity contribution in [1.82, 2.24) is 4.98 Å². The number of ether oxygens (including phenoxy) is 1. The van der Waals surface area contributed by atoms with E-state index in [0.717, 1.165) is 11.6 Å². The second-order valence-electron chi connectivity index (χ2n) is 4.25. The molecule has 0 atom stereocenters. The summed E-state index contributed by atoms with van der Waals surface area (Å²) in [5, 5.41) is 12.1. The van der Waals surface area contributed by atoms with Crippen LogP contribution in [0.5, 0.6) is 5.88 Å². The van der Waals surface area contributed by atoms with Crippen LogP contribution in [0.4, 0.5) is 15.8 Å². The van der Waals surface area contributed by atoms with Gasteiger partial charge in [0.05, 0.1) is 18.5 Å². The number of carboxylic acid groups (broad SMARTS) is 1. The molecule has 0 unspecified atom stereocenters. The van der Waals surface area contributed by atoms with Crippen LogP contribution >= 0.6 is 0 Å². The lowest BCUT2D eigenvalue weighted by molar-refractivity contribution is 0.0698. The number of nitrogens with one attached hydrogen (secondary N) is 1. The summed E-state index contributed by atoms with van der Waals surface area (Å²) < 4.78 is 18.3. The van der Waals surface area contributed by atoms with Crippen molar-refractivity contribution in [2.45, 2.75) is 6.54 Å². The average Bonchev–Trinajstić information content (AvgIpc) is 2.48. The molecule has 7 heteroatoms. The summed E-state index contributed by atoms with van der Waals surface area (Å²) in [6.07, 6.45) is 1.58. The zero-order valence-electron chi connectivity index (χ0n) is 11.3. The summed E-state index contributed by atoms with van der Waals surface area (Å²) >= 11 is 0. The number of pyridine rings is 1. The van der Waals surface area contributed by atoms with Crippen LogP contribution in [0.25, 0.3) is 0 Å². The van der Waals surface area contributed by atoms with Gasteiger partial charge >= 0.3 is 5.97 Å². The number of aromatic carboxylic acids is 1. The molecular weight excluding hydrogens is 277 g/mol. The van der Waals surface area contributed by atoms with E-state index in [4.69, 9.17) is 15.6 Å². The van der Waals surface area contributed by atoms with E-state index in [2.05, 4.69) is 10.3 Å². The summed E-state index contributed by atoms with van der Waals surface area (Å²) in [5.41, 5.74) is 5.88. The highest BCUT2D eigenvalue weighted by molar-refractivity contribution is 6.00. The molecule has 1 aromatic carbocycles. The number of benzene rings is 1. The van der Waals surface area contributed by atoms with Crippen LogP contribution < -0.4 is 15.8 Å². The van der Waals surface area contributed by atoms with Crippen molar-refractivity contribution in [3.05, 3.63) is 47.4 Å². The number of hydrogen-bond donors (Lipinski definition) is 3. The normalized spacial score (nSPS) is 10.2. The number of anilines is 2. The monoisotopic (exact) mass is 291 g/mol. The van der Waals surface area contributed by atoms with Crippen LogP contribution in [0, 0.1) is 5.82 Å². The predicted molar refractivity (Wildman–Crippen MR) is 75.9 cm³/mol. The smallest absolute Gasteiger partial charge is 0.340 e. The van der Waals surface area contributed by atoms with Gasteiger partial charge in [-0.25, -0.2) is 14.2 Å². The van der Waals surface area contributed by atoms with Crippen molar-refractivity contribution >= 4 is 17.3 Å². The van der Waals surface area contributed by atoms with Gasteiger partial charge in [-0.05, 0) is 23.8 Å². The third-order valence-corrected chi connectivity index (χ3v) is 2.90. The average molecular weight is 291 g/mol. The fraction of sp³-hybridized carbons (Fsp3) is 0.143. The van der Waals surface area contributed by atoms with Crippen molar-refractivity contribution in [2.24, 2.45) is 0 Å². The molecule has 0 radical (unpaired) electrons. The lowest BCUT2D eigenvalue weighted by atomic mass is 10.1. The molecule has 0 aliphatic heterocycles. The standard InChI is InChI=1S/C14H14FN3O3/c1-21-11-6-8(4-5-17-11)7-18-10-3-2-9(15)13(16)12(10)14(19)20/h2-6,18H,7,16H2,1H3,(H,19,20). The van der Waals surface area contributed by atoms with Crippen LogP contribution in [0.2, 0.25) is 0 Å². The molecule has 2 rings (SSSR count). The Hall–Kier alpha value is -2.83. The van der Waals surface area contributed by atoms with E-state index in [-0.39, 0.29) is 16.9 Å². The van der Waals surface area contributed by atoms with Crippen molar-refractivity contribution in [3.63, 3.8) is 0 Å². The Morgan fingerprint density at radius 2 is 2.24 bits per heavy atom. The molecule has 1 heterocycles. The minimum atomic E-state index is -1.29. The molecule has 0 fully saturated rings. The van der Waals surface area contributed by atoms with Crippen LogP contribution in [0.15, 0.2) is 30.5 Å². The molecule has 0 saturated heterocycles. The molecule has 0 bridgehead atoms. The van der Waals surface area contributed by atoms with Crippen molar-refractivity contribution in [2.75, 3.05) is 18.2 Å². The highest BCUT2D eigenvalue weighted by Gasteiger charge is 2.17. The fourth-order valence-corrected chi connectivity index (χ4v) is 1.84. The minimum absolute atomic E-state index is 0.247. The Balaban J connectivity index is 2.24. The Morgan fingerprint density at radius 3 is 2.90 bits per heavy atom. The summed E-state index contributed by atoms with van der Waals surface area (Å²) in [5.74, 6) is -1.60. The first kappa shape index (κ1) is 14.6. The molecule has 1 aromatic heterocycles. The van der Waals surface area contributed by atoms with E-state index in [9.17, 15) is 9.18 Å². The fourth-order valence-electron chi connectivity index (χ4n) is 1.84. The molecule has 0 aliphatic carbocycles. The Morgan fingerprint density at radius 1 is 1.48 bits per heavy atom. The maximum Gasteiger partial charge on any atom is 0.340 e. The third-order valence-electron chi connectivity index (χ3n) is 2.90. The Kier molecular flexibility index (Phi) is 4.22. The number of nitrogens with zero attached hydrogens (tertiary/aromatic N) is 1. The van der Waals surface area contributed by atoms with Gasteiger partial charge in [0.25, 0.3) is 0 Å². The molecule has 0 spiro atoms. The number of rotatable bonds is 5. The Labute approximate surface area is 120 Å². The van der Waals surface area contributed by atoms with E-state index < -0.39 is 11.8 Å². The molecule has 0 amide bonds. The molecule has 0 saturated carbocycles. The van der Waals surface area contributed by atoms with E-state index in [1.54, 1.807) is 18.3 Å².